The molecule has 1 aliphatic carbocycles. The maximum absolute atomic E-state index is 13.9. The highest BCUT2D eigenvalue weighted by atomic mass is 16.7. The van der Waals surface area contributed by atoms with E-state index in [2.05, 4.69) is 33.5 Å². The van der Waals surface area contributed by atoms with E-state index in [9.17, 15) is 24.6 Å². The number of aliphatic hydroxyl groups is 2. The van der Waals surface area contributed by atoms with Crippen LogP contribution in [0.1, 0.15) is 50.2 Å². The van der Waals surface area contributed by atoms with Gasteiger partial charge in [0.05, 0.1) is 5.92 Å². The molecule has 0 bridgehead atoms. The molecule has 7 rings (SSSR count). The molecule has 3 amide bonds. The predicted octanol–water partition coefficient (Wildman–Crippen LogP) is 0.424. The number of hydrogen-bond acceptors (Lipinski definition) is 7. The number of aliphatic hydroxyl groups excluding tert-OH is 1. The molecule has 4 aliphatic heterocycles. The number of hydrogen-bond donors (Lipinski definition) is 4. The second-order valence-corrected chi connectivity index (χ2v) is 12.2. The smallest absolute Gasteiger partial charge is 0.281 e. The lowest BCUT2D eigenvalue weighted by atomic mass is 9.72. The zero-order valence-corrected chi connectivity index (χ0v) is 22.4. The third-order valence-electron chi connectivity index (χ3n) is 9.85. The summed E-state index contributed by atoms with van der Waals surface area (Å²) in [6.07, 6.45) is 3.13. The number of rotatable bonds is 3. The number of likely N-dealkylation sites (tertiary alicyclic amines) is 1. The maximum atomic E-state index is 13.9. The third kappa shape index (κ3) is 3.27. The Morgan fingerprint density at radius 1 is 1.26 bits per heavy atom. The van der Waals surface area contributed by atoms with Crippen LogP contribution >= 0.6 is 0 Å². The second-order valence-electron chi connectivity index (χ2n) is 12.2. The molecule has 1 aromatic heterocycles. The number of aromatic amines is 1. The van der Waals surface area contributed by atoms with Crippen LogP contribution in [0, 0.1) is 11.8 Å². The SMILES string of the molecule is CC(C)C1(NC(=O)C2CC3c4cccc5[nH]cc(c45)CC3N(C)C2)OC2(O)C3CCC(O)N3C(=O)CN2C1=O. The standard InChI is InChI=1S/C28H35N5O6/c1-14(2)27(26(37)32-13-23(35)33-21(7-8-22(33)34)28(32,38)39-27)30-25(36)16-9-18-17-5-4-6-19-24(17)15(11-29-19)10-20(18)31(3)12-16/h4-6,11,14,16,18,20-22,29,34,38H,7-10,12-13H2,1-3H3,(H,30,36). The van der Waals surface area contributed by atoms with Gasteiger partial charge in [0.25, 0.3) is 11.8 Å². The summed E-state index contributed by atoms with van der Waals surface area (Å²) >= 11 is 0. The number of amides is 3. The Morgan fingerprint density at radius 3 is 2.82 bits per heavy atom. The van der Waals surface area contributed by atoms with Gasteiger partial charge in [0.2, 0.25) is 17.5 Å². The molecule has 11 heteroatoms. The van der Waals surface area contributed by atoms with E-state index in [1.165, 1.54) is 21.4 Å². The van der Waals surface area contributed by atoms with Gasteiger partial charge in [-0.05, 0) is 49.9 Å². The van der Waals surface area contributed by atoms with Crippen LogP contribution < -0.4 is 5.32 Å². The van der Waals surface area contributed by atoms with Crippen LogP contribution in [0.3, 0.4) is 0 Å². The molecule has 4 saturated heterocycles. The van der Waals surface area contributed by atoms with E-state index in [0.29, 0.717) is 13.0 Å². The summed E-state index contributed by atoms with van der Waals surface area (Å²) in [6, 6.07) is 5.63. The second kappa shape index (κ2) is 8.26. The average molecular weight is 538 g/mol. The van der Waals surface area contributed by atoms with Crippen LogP contribution in [0.15, 0.2) is 24.4 Å². The van der Waals surface area contributed by atoms with E-state index in [-0.39, 0.29) is 30.7 Å². The molecule has 7 atom stereocenters. The molecule has 208 valence electrons. The Bertz CT molecular complexity index is 1390. The van der Waals surface area contributed by atoms with E-state index in [1.807, 2.05) is 13.1 Å². The van der Waals surface area contributed by atoms with Gasteiger partial charge in [-0.1, -0.05) is 26.0 Å². The van der Waals surface area contributed by atoms with Crippen LogP contribution in [-0.2, 0) is 25.5 Å². The first-order valence-electron chi connectivity index (χ1n) is 13.9. The largest absolute Gasteiger partial charge is 0.374 e. The lowest BCUT2D eigenvalue weighted by Gasteiger charge is -2.46. The maximum Gasteiger partial charge on any atom is 0.281 e. The Balaban J connectivity index is 1.18. The molecule has 2 aromatic rings. The van der Waals surface area contributed by atoms with Crippen LogP contribution in [0.2, 0.25) is 0 Å². The normalized spacial score (nSPS) is 37.8. The fourth-order valence-electron chi connectivity index (χ4n) is 7.84. The number of likely N-dealkylation sites (N-methyl/N-ethyl adjacent to an activating group) is 1. The van der Waals surface area contributed by atoms with Crippen LogP contribution in [0.25, 0.3) is 10.9 Å². The van der Waals surface area contributed by atoms with Gasteiger partial charge in [0, 0.05) is 41.5 Å². The van der Waals surface area contributed by atoms with E-state index < -0.39 is 54.1 Å². The van der Waals surface area contributed by atoms with E-state index >= 15 is 0 Å². The van der Waals surface area contributed by atoms with Crippen molar-refractivity contribution in [3.05, 3.63) is 35.5 Å². The minimum atomic E-state index is -2.13. The van der Waals surface area contributed by atoms with Gasteiger partial charge < -0.3 is 30.3 Å². The monoisotopic (exact) mass is 537 g/mol. The van der Waals surface area contributed by atoms with Gasteiger partial charge in [-0.3, -0.25) is 24.0 Å². The molecule has 0 spiro atoms. The highest BCUT2D eigenvalue weighted by Gasteiger charge is 2.70. The van der Waals surface area contributed by atoms with Gasteiger partial charge in [0.15, 0.2) is 0 Å². The van der Waals surface area contributed by atoms with Crippen LogP contribution in [0.4, 0.5) is 0 Å². The molecule has 11 nitrogen and oxygen atoms in total. The molecule has 0 saturated carbocycles. The van der Waals surface area contributed by atoms with Crippen LogP contribution in [-0.4, -0.2) is 97.7 Å². The van der Waals surface area contributed by atoms with Gasteiger partial charge in [-0.25, -0.2) is 0 Å². The summed E-state index contributed by atoms with van der Waals surface area (Å²) in [5.41, 5.74) is 1.81. The number of benzene rings is 1. The Morgan fingerprint density at radius 2 is 2.05 bits per heavy atom. The van der Waals surface area contributed by atoms with Gasteiger partial charge in [-0.2, -0.15) is 0 Å². The number of piperidine rings is 1. The minimum Gasteiger partial charge on any atom is -0.374 e. The zero-order valence-electron chi connectivity index (χ0n) is 22.4. The summed E-state index contributed by atoms with van der Waals surface area (Å²) in [7, 11) is 2.04. The first kappa shape index (κ1) is 25.0. The number of ether oxygens (including phenoxy) is 1. The lowest BCUT2D eigenvalue weighted by molar-refractivity contribution is -0.319. The van der Waals surface area contributed by atoms with Crippen molar-refractivity contribution < 1.29 is 29.3 Å². The van der Waals surface area contributed by atoms with Crippen molar-refractivity contribution in [2.75, 3.05) is 20.1 Å². The summed E-state index contributed by atoms with van der Waals surface area (Å²) < 4.78 is 6.18. The van der Waals surface area contributed by atoms with Crippen molar-refractivity contribution in [1.29, 1.82) is 0 Å². The molecule has 1 aromatic carbocycles. The molecule has 39 heavy (non-hydrogen) atoms. The lowest BCUT2D eigenvalue weighted by Crippen LogP contribution is -2.68. The van der Waals surface area contributed by atoms with Crippen molar-refractivity contribution in [3.63, 3.8) is 0 Å². The number of fused-ring (bicyclic) bond motifs is 5. The number of aromatic nitrogens is 1. The number of nitrogens with one attached hydrogen (secondary N) is 2. The topological polar surface area (TPSA) is 138 Å². The first-order valence-corrected chi connectivity index (χ1v) is 13.9. The number of H-pyrrole nitrogens is 1. The van der Waals surface area contributed by atoms with Crippen molar-refractivity contribution in [1.82, 2.24) is 25.0 Å². The first-order chi connectivity index (χ1) is 18.5. The molecule has 5 aliphatic rings. The van der Waals surface area contributed by atoms with Gasteiger partial charge in [-0.15, -0.1) is 0 Å². The summed E-state index contributed by atoms with van der Waals surface area (Å²) in [4.78, 5) is 48.4. The van der Waals surface area contributed by atoms with E-state index in [1.54, 1.807) is 13.8 Å². The van der Waals surface area contributed by atoms with Crippen molar-refractivity contribution >= 4 is 28.6 Å². The highest BCUT2D eigenvalue weighted by Crippen LogP contribution is 2.48. The van der Waals surface area contributed by atoms with Crippen molar-refractivity contribution in [2.45, 2.75) is 75.4 Å². The Labute approximate surface area is 226 Å². The fraction of sp³-hybridized carbons (Fsp3) is 0.607. The van der Waals surface area contributed by atoms with Crippen molar-refractivity contribution in [2.24, 2.45) is 11.8 Å². The molecular weight excluding hydrogens is 502 g/mol. The van der Waals surface area contributed by atoms with Crippen molar-refractivity contribution in [3.8, 4) is 0 Å². The number of nitrogens with zero attached hydrogens (tertiary/aromatic N) is 3. The van der Waals surface area contributed by atoms with E-state index in [4.69, 9.17) is 4.74 Å². The molecular formula is C28H35N5O6. The molecule has 7 unspecified atom stereocenters. The molecule has 4 fully saturated rings. The average Bonchev–Trinajstić information content (AvgIpc) is 3.56. The molecule has 0 radical (unpaired) electrons. The number of carbonyl (C=O) groups is 3. The molecule has 4 N–H and O–H groups in total. The quantitative estimate of drug-likeness (QED) is 0.445. The third-order valence-corrected chi connectivity index (χ3v) is 9.85. The fourth-order valence-corrected chi connectivity index (χ4v) is 7.84. The van der Waals surface area contributed by atoms with Gasteiger partial charge >= 0.3 is 0 Å². The number of piperazine rings is 1. The Kier molecular flexibility index (Phi) is 5.30. The number of carbonyl (C=O) groups excluding carboxylic acids is 3. The molecule has 5 heterocycles. The van der Waals surface area contributed by atoms with Gasteiger partial charge in [0.1, 0.15) is 18.8 Å². The minimum absolute atomic E-state index is 0.156. The summed E-state index contributed by atoms with van der Waals surface area (Å²) in [5.74, 6) is -4.30. The Hall–Kier alpha value is -2.99. The van der Waals surface area contributed by atoms with Crippen LogP contribution in [0.5, 0.6) is 0 Å². The summed E-state index contributed by atoms with van der Waals surface area (Å²) in [6.45, 7) is 3.61. The zero-order chi connectivity index (χ0) is 27.4. The van der Waals surface area contributed by atoms with E-state index in [0.717, 1.165) is 16.8 Å². The highest BCUT2D eigenvalue weighted by molar-refractivity contribution is 5.96. The predicted molar refractivity (Wildman–Crippen MR) is 139 cm³/mol. The summed E-state index contributed by atoms with van der Waals surface area (Å²) in [5, 5.41) is 26.2.